The van der Waals surface area contributed by atoms with E-state index >= 15 is 0 Å². The maximum atomic E-state index is 12.6. The number of aromatic nitrogens is 1. The van der Waals surface area contributed by atoms with Gasteiger partial charge in [-0.2, -0.15) is 13.2 Å². The largest absolute Gasteiger partial charge is 0.497 e. The molecule has 2 aromatic rings. The molecule has 0 saturated carbocycles. The van der Waals surface area contributed by atoms with Gasteiger partial charge in [-0.3, -0.25) is 4.79 Å². The lowest BCUT2D eigenvalue weighted by molar-refractivity contribution is -0.137. The number of nitrogens with zero attached hydrogens (tertiary/aromatic N) is 2. The van der Waals surface area contributed by atoms with Gasteiger partial charge >= 0.3 is 6.18 Å². The van der Waals surface area contributed by atoms with Crippen LogP contribution in [0.5, 0.6) is 5.75 Å². The molecule has 0 unspecified atom stereocenters. The normalized spacial score (nSPS) is 15.5. The van der Waals surface area contributed by atoms with Crippen molar-refractivity contribution >= 4 is 17.8 Å². The first-order valence-electron chi connectivity index (χ1n) is 9.26. The number of methoxy groups -OCH3 is 1. The molecule has 0 spiro atoms. The molecule has 1 aromatic heterocycles. The first-order chi connectivity index (χ1) is 13.8. The van der Waals surface area contributed by atoms with Gasteiger partial charge in [0.1, 0.15) is 11.6 Å². The fraction of sp³-hybridized carbons (Fsp3) is 0.333. The first kappa shape index (κ1) is 20.7. The molecule has 1 aliphatic rings. The molecular weight excluding hydrogens is 383 g/mol. The summed E-state index contributed by atoms with van der Waals surface area (Å²) in [5, 5.41) is 2.97. The van der Waals surface area contributed by atoms with E-state index in [1.54, 1.807) is 13.2 Å². The van der Waals surface area contributed by atoms with Crippen LogP contribution in [0.15, 0.2) is 48.7 Å². The highest BCUT2D eigenvalue weighted by Gasteiger charge is 2.31. The number of benzene rings is 1. The molecule has 8 heteroatoms. The summed E-state index contributed by atoms with van der Waals surface area (Å²) in [7, 11) is 1.59. The molecule has 154 valence electrons. The summed E-state index contributed by atoms with van der Waals surface area (Å²) in [6.45, 7) is 1.23. The quantitative estimate of drug-likeness (QED) is 0.767. The van der Waals surface area contributed by atoms with Gasteiger partial charge in [-0.1, -0.05) is 12.1 Å². The van der Waals surface area contributed by atoms with Crippen molar-refractivity contribution in [2.45, 2.75) is 25.1 Å². The van der Waals surface area contributed by atoms with Crippen LogP contribution in [-0.4, -0.2) is 37.1 Å². The molecule has 5 nitrogen and oxygen atoms in total. The van der Waals surface area contributed by atoms with E-state index in [1.807, 2.05) is 29.2 Å². The molecule has 1 amide bonds. The maximum absolute atomic E-state index is 12.6. The number of piperidine rings is 1. The van der Waals surface area contributed by atoms with E-state index in [1.165, 1.54) is 12.1 Å². The lowest BCUT2D eigenvalue weighted by Crippen LogP contribution is -2.44. The smallest absolute Gasteiger partial charge is 0.417 e. The standard InChI is InChI=1S/C21H22F3N3O2/c1-29-18-4-2-3-15(13-18)5-8-20(28)26-17-9-11-27(12-10-17)19-7-6-16(14-25-19)21(22,23)24/h2-8,13-14,17H,9-12H2,1H3,(H,26,28)/b8-5+. The van der Waals surface area contributed by atoms with E-state index in [0.29, 0.717) is 31.7 Å². The van der Waals surface area contributed by atoms with Crippen molar-refractivity contribution in [1.82, 2.24) is 10.3 Å². The van der Waals surface area contributed by atoms with Crippen molar-refractivity contribution in [2.75, 3.05) is 25.1 Å². The van der Waals surface area contributed by atoms with Crippen LogP contribution in [-0.2, 0) is 11.0 Å². The summed E-state index contributed by atoms with van der Waals surface area (Å²) in [4.78, 5) is 18.0. The third kappa shape index (κ3) is 5.73. The predicted molar refractivity (Wildman–Crippen MR) is 105 cm³/mol. The Bertz CT molecular complexity index is 858. The number of pyridine rings is 1. The minimum absolute atomic E-state index is 0.0168. The average molecular weight is 405 g/mol. The van der Waals surface area contributed by atoms with Crippen LogP contribution in [0.25, 0.3) is 6.08 Å². The molecule has 0 radical (unpaired) electrons. The number of alkyl halides is 3. The van der Waals surface area contributed by atoms with Gasteiger partial charge in [0, 0.05) is 31.4 Å². The summed E-state index contributed by atoms with van der Waals surface area (Å²) in [6, 6.07) is 9.83. The minimum atomic E-state index is -4.39. The Morgan fingerprint density at radius 3 is 2.62 bits per heavy atom. The highest BCUT2D eigenvalue weighted by Crippen LogP contribution is 2.29. The Balaban J connectivity index is 1.49. The molecule has 2 heterocycles. The van der Waals surface area contributed by atoms with Gasteiger partial charge in [-0.15, -0.1) is 0 Å². The molecule has 1 N–H and O–H groups in total. The van der Waals surface area contributed by atoms with Gasteiger partial charge in [-0.05, 0) is 48.7 Å². The number of carbonyl (C=O) groups is 1. The molecule has 0 bridgehead atoms. The topological polar surface area (TPSA) is 54.5 Å². The summed E-state index contributed by atoms with van der Waals surface area (Å²) in [5.41, 5.74) is 0.105. The van der Waals surface area contributed by atoms with Crippen molar-refractivity contribution in [2.24, 2.45) is 0 Å². The van der Waals surface area contributed by atoms with Gasteiger partial charge in [-0.25, -0.2) is 4.98 Å². The van der Waals surface area contributed by atoms with E-state index in [0.717, 1.165) is 23.6 Å². The fourth-order valence-electron chi connectivity index (χ4n) is 3.16. The van der Waals surface area contributed by atoms with E-state index in [9.17, 15) is 18.0 Å². The van der Waals surface area contributed by atoms with Crippen molar-refractivity contribution in [3.63, 3.8) is 0 Å². The molecule has 1 saturated heterocycles. The second-order valence-electron chi connectivity index (χ2n) is 6.78. The molecule has 1 aliphatic heterocycles. The number of hydrogen-bond acceptors (Lipinski definition) is 4. The zero-order valence-electron chi connectivity index (χ0n) is 15.9. The molecule has 1 fully saturated rings. The Labute approximate surface area is 167 Å². The number of carbonyl (C=O) groups excluding carboxylic acids is 1. The molecule has 0 aliphatic carbocycles. The predicted octanol–water partition coefficient (Wildman–Crippen LogP) is 3.91. The third-order valence-corrected chi connectivity index (χ3v) is 4.76. The summed E-state index contributed by atoms with van der Waals surface area (Å²) < 4.78 is 43.1. The van der Waals surface area contributed by atoms with Gasteiger partial charge in [0.25, 0.3) is 0 Å². The van der Waals surface area contributed by atoms with E-state index < -0.39 is 11.7 Å². The van der Waals surface area contributed by atoms with Crippen LogP contribution in [0.3, 0.4) is 0 Å². The minimum Gasteiger partial charge on any atom is -0.497 e. The van der Waals surface area contributed by atoms with Crippen molar-refractivity contribution in [1.29, 1.82) is 0 Å². The Kier molecular flexibility index (Phi) is 6.41. The number of nitrogens with one attached hydrogen (secondary N) is 1. The number of halogens is 3. The van der Waals surface area contributed by atoms with Crippen LogP contribution >= 0.6 is 0 Å². The Morgan fingerprint density at radius 1 is 1.24 bits per heavy atom. The number of anilines is 1. The van der Waals surface area contributed by atoms with Crippen LogP contribution in [0.1, 0.15) is 24.0 Å². The fourth-order valence-corrected chi connectivity index (χ4v) is 3.16. The van der Waals surface area contributed by atoms with E-state index in [4.69, 9.17) is 4.74 Å². The Hall–Kier alpha value is -3.03. The lowest BCUT2D eigenvalue weighted by Gasteiger charge is -2.33. The number of rotatable bonds is 5. The van der Waals surface area contributed by atoms with Crippen molar-refractivity contribution in [3.8, 4) is 5.75 Å². The van der Waals surface area contributed by atoms with Crippen molar-refractivity contribution < 1.29 is 22.7 Å². The van der Waals surface area contributed by atoms with Crippen LogP contribution < -0.4 is 15.0 Å². The first-order valence-corrected chi connectivity index (χ1v) is 9.26. The molecule has 3 rings (SSSR count). The number of hydrogen-bond donors (Lipinski definition) is 1. The van der Waals surface area contributed by atoms with Gasteiger partial charge < -0.3 is 15.0 Å². The van der Waals surface area contributed by atoms with Gasteiger partial charge in [0.05, 0.1) is 12.7 Å². The SMILES string of the molecule is COc1cccc(/C=C/C(=O)NC2CCN(c3ccc(C(F)(F)F)cn3)CC2)c1. The summed E-state index contributed by atoms with van der Waals surface area (Å²) >= 11 is 0. The maximum Gasteiger partial charge on any atom is 0.417 e. The van der Waals surface area contributed by atoms with E-state index in [2.05, 4.69) is 10.3 Å². The van der Waals surface area contributed by atoms with Crippen molar-refractivity contribution in [3.05, 3.63) is 59.8 Å². The second-order valence-corrected chi connectivity index (χ2v) is 6.78. The number of ether oxygens (including phenoxy) is 1. The zero-order chi connectivity index (χ0) is 20.9. The summed E-state index contributed by atoms with van der Waals surface area (Å²) in [5.74, 6) is 1.05. The van der Waals surface area contributed by atoms with Gasteiger partial charge in [0.15, 0.2) is 0 Å². The second kappa shape index (κ2) is 8.98. The van der Waals surface area contributed by atoms with Gasteiger partial charge in [0.2, 0.25) is 5.91 Å². The monoisotopic (exact) mass is 405 g/mol. The average Bonchev–Trinajstić information content (AvgIpc) is 2.72. The van der Waals surface area contributed by atoms with Crippen LogP contribution in [0.4, 0.5) is 19.0 Å². The van der Waals surface area contributed by atoms with Crippen LogP contribution in [0, 0.1) is 0 Å². The lowest BCUT2D eigenvalue weighted by atomic mass is 10.0. The summed E-state index contributed by atoms with van der Waals surface area (Å²) in [6.07, 6.45) is 1.06. The third-order valence-electron chi connectivity index (χ3n) is 4.76. The van der Waals surface area contributed by atoms with E-state index in [-0.39, 0.29) is 11.9 Å². The molecule has 1 aromatic carbocycles. The molecule has 29 heavy (non-hydrogen) atoms. The zero-order valence-corrected chi connectivity index (χ0v) is 15.9. The number of amides is 1. The molecular formula is C21H22F3N3O2. The van der Waals surface area contributed by atoms with Crippen LogP contribution in [0.2, 0.25) is 0 Å². The Morgan fingerprint density at radius 2 is 2.00 bits per heavy atom. The highest BCUT2D eigenvalue weighted by atomic mass is 19.4. The molecule has 0 atom stereocenters. The highest BCUT2D eigenvalue weighted by molar-refractivity contribution is 5.92.